The molecule has 2 aromatic carbocycles. The van der Waals surface area contributed by atoms with Crippen LogP contribution < -0.4 is 15.4 Å². The Balaban J connectivity index is 1.43. The number of benzene rings is 2. The highest BCUT2D eigenvalue weighted by molar-refractivity contribution is 6.34. The van der Waals surface area contributed by atoms with Gasteiger partial charge < -0.3 is 15.4 Å². The Labute approximate surface area is 206 Å². The minimum Gasteiger partial charge on any atom is -0.494 e. The van der Waals surface area contributed by atoms with Crippen molar-refractivity contribution in [2.45, 2.75) is 57.4 Å². The average molecular weight is 510 g/mol. The van der Waals surface area contributed by atoms with Gasteiger partial charge in [-0.3, -0.25) is 14.5 Å². The van der Waals surface area contributed by atoms with E-state index in [1.54, 1.807) is 18.2 Å². The Morgan fingerprint density at radius 1 is 1.09 bits per heavy atom. The standard InChI is InChI=1S/C25H27ClF3N3O3/c1-14(33)30-21-12-23(35-2)22(11-20(21)26)31-24(34)16-9-18-6-7-19(10-16)32(18)13-15-4-3-5-17(8-15)25(27,28)29/h3-5,8,11-12,16,18-19H,6-7,9-10,13H2,1-2H3,(H,30,33)(H,31,34). The second kappa shape index (κ2) is 10.1. The molecule has 2 saturated heterocycles. The van der Waals surface area contributed by atoms with Crippen molar-refractivity contribution < 1.29 is 27.5 Å². The number of nitrogens with zero attached hydrogens (tertiary/aromatic N) is 1. The second-order valence-corrected chi connectivity index (χ2v) is 9.53. The predicted octanol–water partition coefficient (Wildman–Crippen LogP) is 5.71. The summed E-state index contributed by atoms with van der Waals surface area (Å²) in [5.74, 6) is -0.291. The molecule has 0 spiro atoms. The van der Waals surface area contributed by atoms with E-state index in [9.17, 15) is 22.8 Å². The molecule has 0 radical (unpaired) electrons. The fraction of sp³-hybridized carbons (Fsp3) is 0.440. The van der Waals surface area contributed by atoms with Crippen molar-refractivity contribution >= 4 is 34.8 Å². The molecule has 2 unspecified atom stereocenters. The number of carbonyl (C=O) groups is 2. The fourth-order valence-corrected chi connectivity index (χ4v) is 5.35. The molecule has 2 fully saturated rings. The molecule has 6 nitrogen and oxygen atoms in total. The monoisotopic (exact) mass is 509 g/mol. The third kappa shape index (κ3) is 5.73. The Bertz CT molecular complexity index is 1110. The van der Waals surface area contributed by atoms with Gasteiger partial charge in [0.15, 0.2) is 0 Å². The van der Waals surface area contributed by atoms with Crippen molar-refractivity contribution in [2.75, 3.05) is 17.7 Å². The number of amides is 2. The Morgan fingerprint density at radius 2 is 1.77 bits per heavy atom. The lowest BCUT2D eigenvalue weighted by Crippen LogP contribution is -2.45. The van der Waals surface area contributed by atoms with Crippen LogP contribution in [-0.4, -0.2) is 35.9 Å². The summed E-state index contributed by atoms with van der Waals surface area (Å²) >= 11 is 6.26. The number of anilines is 2. The number of piperidine rings is 1. The summed E-state index contributed by atoms with van der Waals surface area (Å²) < 4.78 is 44.7. The minimum atomic E-state index is -4.37. The summed E-state index contributed by atoms with van der Waals surface area (Å²) in [6.45, 7) is 1.80. The fourth-order valence-electron chi connectivity index (χ4n) is 5.14. The molecule has 4 rings (SSSR count). The van der Waals surface area contributed by atoms with E-state index in [1.165, 1.54) is 26.2 Å². The van der Waals surface area contributed by atoms with Gasteiger partial charge in [0.2, 0.25) is 11.8 Å². The molecule has 2 heterocycles. The summed E-state index contributed by atoms with van der Waals surface area (Å²) in [5.41, 5.74) is 0.775. The Hall–Kier alpha value is -2.78. The number of carbonyl (C=O) groups excluding carboxylic acids is 2. The van der Waals surface area contributed by atoms with Gasteiger partial charge in [-0.2, -0.15) is 13.2 Å². The van der Waals surface area contributed by atoms with E-state index in [-0.39, 0.29) is 34.8 Å². The first kappa shape index (κ1) is 25.3. The van der Waals surface area contributed by atoms with Crippen molar-refractivity contribution in [2.24, 2.45) is 5.92 Å². The van der Waals surface area contributed by atoms with Crippen LogP contribution in [0.15, 0.2) is 36.4 Å². The average Bonchev–Trinajstić information content (AvgIpc) is 3.01. The summed E-state index contributed by atoms with van der Waals surface area (Å²) in [7, 11) is 1.46. The van der Waals surface area contributed by atoms with Gasteiger partial charge in [-0.25, -0.2) is 0 Å². The van der Waals surface area contributed by atoms with Crippen molar-refractivity contribution in [1.82, 2.24) is 4.90 Å². The number of hydrogen-bond acceptors (Lipinski definition) is 4. The molecule has 10 heteroatoms. The van der Waals surface area contributed by atoms with Crippen LogP contribution >= 0.6 is 11.6 Å². The van der Waals surface area contributed by atoms with Crippen molar-refractivity contribution in [1.29, 1.82) is 0 Å². The molecule has 0 aromatic heterocycles. The predicted molar refractivity (Wildman–Crippen MR) is 127 cm³/mol. The summed E-state index contributed by atoms with van der Waals surface area (Å²) in [5, 5.41) is 5.79. The number of fused-ring (bicyclic) bond motifs is 2. The zero-order valence-corrected chi connectivity index (χ0v) is 20.2. The van der Waals surface area contributed by atoms with Crippen LogP contribution in [0.3, 0.4) is 0 Å². The molecular weight excluding hydrogens is 483 g/mol. The number of nitrogens with one attached hydrogen (secondary N) is 2. The molecule has 2 bridgehead atoms. The summed E-state index contributed by atoms with van der Waals surface area (Å²) in [6.07, 6.45) is -1.30. The van der Waals surface area contributed by atoms with Crippen molar-refractivity contribution in [3.63, 3.8) is 0 Å². The van der Waals surface area contributed by atoms with Gasteiger partial charge in [-0.1, -0.05) is 29.8 Å². The normalized spacial score (nSPS) is 22.1. The first-order valence-electron chi connectivity index (χ1n) is 11.4. The van der Waals surface area contributed by atoms with Gasteiger partial charge >= 0.3 is 6.18 Å². The second-order valence-electron chi connectivity index (χ2n) is 9.13. The van der Waals surface area contributed by atoms with Crippen LogP contribution in [0, 0.1) is 5.92 Å². The van der Waals surface area contributed by atoms with Gasteiger partial charge in [0.05, 0.1) is 29.1 Å². The zero-order chi connectivity index (χ0) is 25.3. The van der Waals surface area contributed by atoms with E-state index in [0.29, 0.717) is 42.1 Å². The van der Waals surface area contributed by atoms with Crippen LogP contribution in [0.2, 0.25) is 5.02 Å². The maximum Gasteiger partial charge on any atom is 0.416 e. The molecule has 2 N–H and O–H groups in total. The third-order valence-electron chi connectivity index (χ3n) is 6.73. The van der Waals surface area contributed by atoms with Crippen LogP contribution in [0.1, 0.15) is 43.7 Å². The Kier molecular flexibility index (Phi) is 7.28. The number of halogens is 4. The first-order valence-corrected chi connectivity index (χ1v) is 11.8. The van der Waals surface area contributed by atoms with Gasteiger partial charge in [-0.15, -0.1) is 0 Å². The van der Waals surface area contributed by atoms with E-state index in [4.69, 9.17) is 16.3 Å². The molecule has 188 valence electrons. The Morgan fingerprint density at radius 3 is 2.37 bits per heavy atom. The first-order chi connectivity index (χ1) is 16.5. The zero-order valence-electron chi connectivity index (χ0n) is 19.4. The number of alkyl halides is 3. The molecule has 0 aliphatic carbocycles. The van der Waals surface area contributed by atoms with Crippen molar-refractivity contribution in [3.8, 4) is 5.75 Å². The molecule has 2 aliphatic rings. The molecule has 2 atom stereocenters. The summed E-state index contributed by atoms with van der Waals surface area (Å²) in [4.78, 5) is 26.7. The quantitative estimate of drug-likeness (QED) is 0.523. The van der Waals surface area contributed by atoms with E-state index in [2.05, 4.69) is 15.5 Å². The molecular formula is C25H27ClF3N3O3. The highest BCUT2D eigenvalue weighted by Gasteiger charge is 2.43. The lowest BCUT2D eigenvalue weighted by atomic mass is 9.89. The smallest absolute Gasteiger partial charge is 0.416 e. The SMILES string of the molecule is COc1cc(NC(C)=O)c(Cl)cc1NC(=O)C1CC2CCC(C1)N2Cc1cccc(C(F)(F)F)c1. The highest BCUT2D eigenvalue weighted by atomic mass is 35.5. The van der Waals surface area contributed by atoms with Gasteiger partial charge in [0.1, 0.15) is 5.75 Å². The highest BCUT2D eigenvalue weighted by Crippen LogP contribution is 2.41. The van der Waals surface area contributed by atoms with E-state index in [0.717, 1.165) is 18.9 Å². The van der Waals surface area contributed by atoms with Crippen LogP contribution in [0.4, 0.5) is 24.5 Å². The van der Waals surface area contributed by atoms with Crippen LogP contribution in [0.5, 0.6) is 5.75 Å². The summed E-state index contributed by atoms with van der Waals surface area (Å²) in [6, 6.07) is 8.81. The van der Waals surface area contributed by atoms with Gasteiger partial charge in [0.25, 0.3) is 0 Å². The van der Waals surface area contributed by atoms with Crippen LogP contribution in [0.25, 0.3) is 0 Å². The number of methoxy groups -OCH3 is 1. The molecule has 2 amide bonds. The topological polar surface area (TPSA) is 70.7 Å². The third-order valence-corrected chi connectivity index (χ3v) is 7.05. The van der Waals surface area contributed by atoms with Crippen LogP contribution in [-0.2, 0) is 22.3 Å². The van der Waals surface area contributed by atoms with E-state index >= 15 is 0 Å². The maximum atomic E-state index is 13.1. The largest absolute Gasteiger partial charge is 0.494 e. The lowest BCUT2D eigenvalue weighted by Gasteiger charge is -2.38. The van der Waals surface area contributed by atoms with Gasteiger partial charge in [-0.05, 0) is 43.4 Å². The molecule has 35 heavy (non-hydrogen) atoms. The van der Waals surface area contributed by atoms with Gasteiger partial charge in [0, 0.05) is 37.5 Å². The lowest BCUT2D eigenvalue weighted by molar-refractivity contribution is -0.137. The molecule has 2 aromatic rings. The maximum absolute atomic E-state index is 13.1. The number of ether oxygens (including phenoxy) is 1. The molecule has 2 aliphatic heterocycles. The number of rotatable bonds is 6. The van der Waals surface area contributed by atoms with E-state index < -0.39 is 11.7 Å². The molecule has 0 saturated carbocycles. The van der Waals surface area contributed by atoms with E-state index in [1.807, 2.05) is 0 Å². The number of hydrogen-bond donors (Lipinski definition) is 2. The van der Waals surface area contributed by atoms with Crippen molar-refractivity contribution in [3.05, 3.63) is 52.5 Å². The minimum absolute atomic E-state index is 0.131.